The van der Waals surface area contributed by atoms with Crippen LogP contribution in [0.4, 0.5) is 0 Å². The molecular formula is C46H76O12S. The van der Waals surface area contributed by atoms with Gasteiger partial charge in [-0.1, -0.05) is 132 Å². The normalized spacial score (nSPS) is 20.9. The summed E-state index contributed by atoms with van der Waals surface area (Å²) in [6.45, 7) is 3.61. The van der Waals surface area contributed by atoms with E-state index in [9.17, 15) is 37.9 Å². The Kier molecular flexibility index (Phi) is 32.8. The van der Waals surface area contributed by atoms with Gasteiger partial charge in [0.05, 0.1) is 6.61 Å². The average Bonchev–Trinajstić information content (AvgIpc) is 3.20. The van der Waals surface area contributed by atoms with Gasteiger partial charge in [0.15, 0.2) is 12.4 Å². The number of aliphatic hydroxyl groups is 3. The van der Waals surface area contributed by atoms with Gasteiger partial charge in [-0.05, 0) is 77.0 Å². The second kappa shape index (κ2) is 35.8. The molecule has 4 N–H and O–H groups in total. The summed E-state index contributed by atoms with van der Waals surface area (Å²) in [5.74, 6) is -2.08. The Morgan fingerprint density at radius 2 is 1.05 bits per heavy atom. The van der Waals surface area contributed by atoms with Crippen LogP contribution in [0.5, 0.6) is 0 Å². The topological polar surface area (TPSA) is 186 Å². The molecule has 1 aliphatic heterocycles. The minimum Gasteiger partial charge on any atom is -0.462 e. The van der Waals surface area contributed by atoms with Gasteiger partial charge in [-0.3, -0.25) is 14.1 Å². The maximum atomic E-state index is 12.8. The molecule has 1 aliphatic rings. The Labute approximate surface area is 355 Å². The number of ether oxygens (including phenoxy) is 4. The van der Waals surface area contributed by atoms with Crippen LogP contribution in [-0.4, -0.2) is 96.0 Å². The summed E-state index contributed by atoms with van der Waals surface area (Å²) in [5, 5.41) is 30.8. The van der Waals surface area contributed by atoms with E-state index >= 15 is 0 Å². The molecular weight excluding hydrogens is 777 g/mol. The van der Waals surface area contributed by atoms with Crippen molar-refractivity contribution >= 4 is 22.1 Å². The van der Waals surface area contributed by atoms with Gasteiger partial charge in [0.2, 0.25) is 0 Å². The fourth-order valence-corrected chi connectivity index (χ4v) is 6.73. The number of carbonyl (C=O) groups is 2. The number of allylic oxidation sites excluding steroid dienone is 12. The Bertz CT molecular complexity index is 1370. The molecule has 0 spiro atoms. The summed E-state index contributed by atoms with van der Waals surface area (Å²) >= 11 is 0. The lowest BCUT2D eigenvalue weighted by molar-refractivity contribution is -0.297. The lowest BCUT2D eigenvalue weighted by atomic mass is 10.00. The Morgan fingerprint density at radius 3 is 1.61 bits per heavy atom. The minimum atomic E-state index is -4.61. The highest BCUT2D eigenvalue weighted by atomic mass is 32.2. The lowest BCUT2D eigenvalue weighted by Gasteiger charge is -2.40. The molecule has 59 heavy (non-hydrogen) atoms. The third-order valence-corrected chi connectivity index (χ3v) is 10.3. The monoisotopic (exact) mass is 853 g/mol. The van der Waals surface area contributed by atoms with Crippen molar-refractivity contribution in [1.29, 1.82) is 0 Å². The van der Waals surface area contributed by atoms with Gasteiger partial charge in [0.25, 0.3) is 10.1 Å². The maximum absolute atomic E-state index is 12.8. The molecule has 0 aliphatic carbocycles. The first-order valence-electron chi connectivity index (χ1n) is 22.0. The third kappa shape index (κ3) is 30.7. The van der Waals surface area contributed by atoms with Crippen molar-refractivity contribution < 1.29 is 56.8 Å². The third-order valence-electron chi connectivity index (χ3n) is 9.51. The molecule has 6 atom stereocenters. The zero-order valence-electron chi connectivity index (χ0n) is 35.8. The van der Waals surface area contributed by atoms with E-state index in [2.05, 4.69) is 74.6 Å². The van der Waals surface area contributed by atoms with Crippen molar-refractivity contribution in [2.75, 3.05) is 19.0 Å². The largest absolute Gasteiger partial charge is 0.462 e. The summed E-state index contributed by atoms with van der Waals surface area (Å²) in [5.41, 5.74) is 0. The van der Waals surface area contributed by atoms with Gasteiger partial charge in [0, 0.05) is 12.8 Å². The molecule has 1 fully saturated rings. The summed E-state index contributed by atoms with van der Waals surface area (Å²) in [6.07, 6.45) is 35.2. The van der Waals surface area contributed by atoms with Gasteiger partial charge in [-0.25, -0.2) is 0 Å². The van der Waals surface area contributed by atoms with Crippen LogP contribution in [-0.2, 0) is 38.7 Å². The average molecular weight is 853 g/mol. The highest BCUT2D eigenvalue weighted by Gasteiger charge is 2.46. The smallest absolute Gasteiger partial charge is 0.306 e. The predicted octanol–water partition coefficient (Wildman–Crippen LogP) is 8.72. The second-order valence-corrected chi connectivity index (χ2v) is 16.5. The molecule has 1 saturated heterocycles. The van der Waals surface area contributed by atoms with Crippen LogP contribution in [0, 0.1) is 0 Å². The fourth-order valence-electron chi connectivity index (χ4n) is 6.04. The molecule has 13 heteroatoms. The van der Waals surface area contributed by atoms with Gasteiger partial charge >= 0.3 is 11.9 Å². The number of unbranched alkanes of at least 4 members (excludes halogenated alkanes) is 11. The van der Waals surface area contributed by atoms with E-state index in [0.29, 0.717) is 19.3 Å². The highest BCUT2D eigenvalue weighted by Crippen LogP contribution is 2.24. The summed E-state index contributed by atoms with van der Waals surface area (Å²) in [4.78, 5) is 25.3. The highest BCUT2D eigenvalue weighted by molar-refractivity contribution is 7.85. The van der Waals surface area contributed by atoms with Crippen molar-refractivity contribution in [3.63, 3.8) is 0 Å². The quantitative estimate of drug-likeness (QED) is 0.0206. The molecule has 0 aromatic heterocycles. The van der Waals surface area contributed by atoms with E-state index in [1.165, 1.54) is 32.1 Å². The predicted molar refractivity (Wildman–Crippen MR) is 233 cm³/mol. The van der Waals surface area contributed by atoms with Crippen LogP contribution in [0.1, 0.15) is 149 Å². The molecule has 0 aromatic rings. The molecule has 2 unspecified atom stereocenters. The molecule has 0 amide bonds. The van der Waals surface area contributed by atoms with Crippen molar-refractivity contribution in [3.8, 4) is 0 Å². The Hall–Kier alpha value is -2.91. The van der Waals surface area contributed by atoms with Crippen molar-refractivity contribution in [3.05, 3.63) is 72.9 Å². The molecule has 338 valence electrons. The van der Waals surface area contributed by atoms with E-state index in [4.69, 9.17) is 18.9 Å². The zero-order chi connectivity index (χ0) is 43.4. The van der Waals surface area contributed by atoms with Crippen LogP contribution in [0.25, 0.3) is 0 Å². The van der Waals surface area contributed by atoms with Gasteiger partial charge in [-0.15, -0.1) is 0 Å². The fraction of sp³-hybridized carbons (Fsp3) is 0.696. The van der Waals surface area contributed by atoms with E-state index in [0.717, 1.165) is 70.6 Å². The van der Waals surface area contributed by atoms with Crippen molar-refractivity contribution in [2.24, 2.45) is 0 Å². The Balaban J connectivity index is 2.52. The summed E-state index contributed by atoms with van der Waals surface area (Å²) in [6, 6.07) is 0. The van der Waals surface area contributed by atoms with Crippen molar-refractivity contribution in [2.45, 2.75) is 185 Å². The first-order chi connectivity index (χ1) is 28.5. The minimum absolute atomic E-state index is 0.133. The molecule has 0 aromatic carbocycles. The molecule has 1 heterocycles. The molecule has 0 saturated carbocycles. The van der Waals surface area contributed by atoms with E-state index in [1.54, 1.807) is 0 Å². The maximum Gasteiger partial charge on any atom is 0.306 e. The van der Waals surface area contributed by atoms with Gasteiger partial charge in [-0.2, -0.15) is 8.42 Å². The number of hydrogen-bond acceptors (Lipinski definition) is 11. The molecule has 0 radical (unpaired) electrons. The van der Waals surface area contributed by atoms with Crippen LogP contribution >= 0.6 is 0 Å². The van der Waals surface area contributed by atoms with Crippen LogP contribution in [0.2, 0.25) is 0 Å². The van der Waals surface area contributed by atoms with Crippen LogP contribution < -0.4 is 0 Å². The second-order valence-electron chi connectivity index (χ2n) is 15.0. The first kappa shape index (κ1) is 54.1. The lowest BCUT2D eigenvalue weighted by Crippen LogP contribution is -2.60. The van der Waals surface area contributed by atoms with Gasteiger partial charge < -0.3 is 34.3 Å². The number of carbonyl (C=O) groups excluding carboxylic acids is 2. The summed E-state index contributed by atoms with van der Waals surface area (Å²) < 4.78 is 53.9. The van der Waals surface area contributed by atoms with E-state index in [1.807, 2.05) is 12.2 Å². The number of aliphatic hydroxyl groups excluding tert-OH is 3. The first-order valence-corrected chi connectivity index (χ1v) is 23.6. The Morgan fingerprint density at radius 1 is 0.576 bits per heavy atom. The number of hydrogen-bond donors (Lipinski definition) is 4. The molecule has 0 bridgehead atoms. The zero-order valence-corrected chi connectivity index (χ0v) is 36.6. The van der Waals surface area contributed by atoms with E-state index in [-0.39, 0.29) is 19.4 Å². The standard InChI is InChI=1S/C46H76O12S/c1-3-5-7-9-11-13-15-17-19-20-21-23-24-26-28-30-32-34-41(47)55-36-39(37-56-46-45(51)44(50)43(49)40(58-46)38-59(52,53)54)57-42(48)35-33-31-29-27-25-22-18-16-14-12-10-8-6-4-2/h10-13,16-19,21,23,26,28,39-40,43-46,49-51H,3-9,14-15,20,22,24-25,27,29-38H2,1-2H3,(H,52,53,54)/b12-10+,13-11+,18-16+,19-17+,23-21+,28-26+/t39-,40-,43-,44?,45?,46+/m1/s1. The molecule has 12 nitrogen and oxygen atoms in total. The van der Waals surface area contributed by atoms with Crippen LogP contribution in [0.15, 0.2) is 72.9 Å². The number of rotatable bonds is 35. The SMILES string of the molecule is CCCC/C=C/C/C=C/CCCCCCCC(=O)O[C@H](COC(=O)CCC/C=C/C/C=C/C/C=C/C/C=C/CCCCC)CO[C@H]1O[C@H](CS(=O)(=O)O)[C@@H](O)C(O)C1O. The van der Waals surface area contributed by atoms with E-state index < -0.39 is 71.2 Å². The van der Waals surface area contributed by atoms with Gasteiger partial charge in [0.1, 0.15) is 36.8 Å². The number of esters is 2. The van der Waals surface area contributed by atoms with Crippen LogP contribution in [0.3, 0.4) is 0 Å². The van der Waals surface area contributed by atoms with Crippen molar-refractivity contribution in [1.82, 2.24) is 0 Å². The summed E-state index contributed by atoms with van der Waals surface area (Å²) in [7, 11) is -4.61. The molecule has 1 rings (SSSR count).